The van der Waals surface area contributed by atoms with Crippen LogP contribution in [0.1, 0.15) is 5.56 Å². The summed E-state index contributed by atoms with van der Waals surface area (Å²) >= 11 is 0. The average molecular weight is 255 g/mol. The van der Waals surface area contributed by atoms with E-state index in [1.165, 1.54) is 6.21 Å². The topological polar surface area (TPSA) is 87.7 Å². The van der Waals surface area contributed by atoms with Gasteiger partial charge in [-0.3, -0.25) is 0 Å². The third kappa shape index (κ3) is 3.32. The van der Waals surface area contributed by atoms with E-state index in [0.717, 1.165) is 16.7 Å². The van der Waals surface area contributed by atoms with Gasteiger partial charge in [-0.05, 0) is 23.3 Å². The Morgan fingerprint density at radius 1 is 1.16 bits per heavy atom. The van der Waals surface area contributed by atoms with Crippen molar-refractivity contribution in [2.45, 2.75) is 0 Å². The Hall–Kier alpha value is -2.82. The molecule has 0 spiro atoms. The molecule has 0 saturated heterocycles. The number of aromatic hydroxyl groups is 1. The number of rotatable bonds is 3. The first kappa shape index (κ1) is 12.6. The predicted molar refractivity (Wildman–Crippen MR) is 73.9 cm³/mol. The van der Waals surface area contributed by atoms with E-state index in [2.05, 4.69) is 10.5 Å². The van der Waals surface area contributed by atoms with Gasteiger partial charge in [0.2, 0.25) is 0 Å². The number of primary amides is 1. The Labute approximate surface area is 110 Å². The molecular formula is C14H13N3O2. The molecular weight excluding hydrogens is 242 g/mol. The monoisotopic (exact) mass is 255 g/mol. The van der Waals surface area contributed by atoms with Crippen molar-refractivity contribution in [3.05, 3.63) is 54.1 Å². The normalized spacial score (nSPS) is 10.5. The lowest BCUT2D eigenvalue weighted by Crippen LogP contribution is -2.24. The Balaban J connectivity index is 2.33. The number of benzene rings is 2. The smallest absolute Gasteiger partial charge is 0.332 e. The Bertz CT molecular complexity index is 606. The molecule has 0 heterocycles. The largest absolute Gasteiger partial charge is 0.508 e. The fourth-order valence-corrected chi connectivity index (χ4v) is 1.68. The maximum absolute atomic E-state index is 10.6. The second-order valence-electron chi connectivity index (χ2n) is 3.87. The number of carbonyl (C=O) groups is 1. The fraction of sp³-hybridized carbons (Fsp3) is 0. The van der Waals surface area contributed by atoms with Crippen LogP contribution in [-0.4, -0.2) is 17.4 Å². The summed E-state index contributed by atoms with van der Waals surface area (Å²) in [6.07, 6.45) is 1.52. The summed E-state index contributed by atoms with van der Waals surface area (Å²) in [5.41, 5.74) is 9.80. The van der Waals surface area contributed by atoms with Crippen LogP contribution in [0.15, 0.2) is 53.6 Å². The molecule has 0 radical (unpaired) electrons. The number of urea groups is 1. The molecule has 0 aliphatic carbocycles. The van der Waals surface area contributed by atoms with Gasteiger partial charge in [0, 0.05) is 5.56 Å². The number of hydrogen-bond donors (Lipinski definition) is 3. The molecule has 19 heavy (non-hydrogen) atoms. The van der Waals surface area contributed by atoms with Crippen LogP contribution in [0.3, 0.4) is 0 Å². The van der Waals surface area contributed by atoms with E-state index in [-0.39, 0.29) is 5.75 Å². The minimum absolute atomic E-state index is 0.213. The molecule has 2 amide bonds. The first-order valence-electron chi connectivity index (χ1n) is 5.64. The summed E-state index contributed by atoms with van der Waals surface area (Å²) in [6, 6.07) is 13.7. The summed E-state index contributed by atoms with van der Waals surface area (Å²) in [6.45, 7) is 0. The molecule has 2 rings (SSSR count). The number of phenolic OH excluding ortho intramolecular Hbond substituents is 1. The van der Waals surface area contributed by atoms with Crippen LogP contribution in [0.25, 0.3) is 11.1 Å². The summed E-state index contributed by atoms with van der Waals surface area (Å²) in [7, 11) is 0. The quantitative estimate of drug-likeness (QED) is 0.579. The van der Waals surface area contributed by atoms with Gasteiger partial charge in [0.05, 0.1) is 6.21 Å². The molecule has 0 fully saturated rings. The van der Waals surface area contributed by atoms with Crippen LogP contribution in [0, 0.1) is 0 Å². The number of nitrogens with two attached hydrogens (primary N) is 1. The molecule has 96 valence electrons. The molecule has 0 unspecified atom stereocenters. The van der Waals surface area contributed by atoms with Crippen molar-refractivity contribution in [1.82, 2.24) is 5.43 Å². The second kappa shape index (κ2) is 5.68. The van der Waals surface area contributed by atoms with E-state index in [1.807, 2.05) is 36.4 Å². The van der Waals surface area contributed by atoms with Gasteiger partial charge >= 0.3 is 6.03 Å². The molecule has 5 nitrogen and oxygen atoms in total. The lowest BCUT2D eigenvalue weighted by Gasteiger charge is -2.05. The molecule has 0 saturated carbocycles. The van der Waals surface area contributed by atoms with Crippen molar-refractivity contribution in [2.24, 2.45) is 10.8 Å². The number of phenols is 1. The maximum Gasteiger partial charge on any atom is 0.332 e. The first-order chi connectivity index (χ1) is 9.16. The number of amides is 2. The fourth-order valence-electron chi connectivity index (χ4n) is 1.68. The molecule has 2 aromatic carbocycles. The van der Waals surface area contributed by atoms with Gasteiger partial charge < -0.3 is 10.8 Å². The Morgan fingerprint density at radius 2 is 1.84 bits per heavy atom. The van der Waals surface area contributed by atoms with Crippen LogP contribution in [-0.2, 0) is 0 Å². The molecule has 0 aliphatic heterocycles. The van der Waals surface area contributed by atoms with E-state index in [9.17, 15) is 9.90 Å². The molecule has 0 bridgehead atoms. The molecule has 0 aromatic heterocycles. The lowest BCUT2D eigenvalue weighted by atomic mass is 10.0. The first-order valence-corrected chi connectivity index (χ1v) is 5.64. The summed E-state index contributed by atoms with van der Waals surface area (Å²) in [5, 5.41) is 13.0. The highest BCUT2D eigenvalue weighted by molar-refractivity contribution is 5.90. The van der Waals surface area contributed by atoms with E-state index in [1.54, 1.807) is 12.1 Å². The van der Waals surface area contributed by atoms with Gasteiger partial charge in [0.25, 0.3) is 0 Å². The lowest BCUT2D eigenvalue weighted by molar-refractivity contribution is 0.249. The average Bonchev–Trinajstić information content (AvgIpc) is 2.40. The standard InChI is InChI=1S/C14H13N3O2/c15-14(19)17-16-9-11-3-1-2-4-13(11)10-5-7-12(18)8-6-10/h1-9,18H,(H3,15,17,19). The van der Waals surface area contributed by atoms with E-state index >= 15 is 0 Å². The minimum Gasteiger partial charge on any atom is -0.508 e. The van der Waals surface area contributed by atoms with Gasteiger partial charge in [0.1, 0.15) is 5.75 Å². The highest BCUT2D eigenvalue weighted by atomic mass is 16.3. The number of hydrogen-bond acceptors (Lipinski definition) is 3. The van der Waals surface area contributed by atoms with Gasteiger partial charge in [-0.1, -0.05) is 36.4 Å². The van der Waals surface area contributed by atoms with Gasteiger partial charge in [-0.15, -0.1) is 0 Å². The van der Waals surface area contributed by atoms with Crippen molar-refractivity contribution in [3.63, 3.8) is 0 Å². The van der Waals surface area contributed by atoms with Crippen LogP contribution in [0.4, 0.5) is 4.79 Å². The van der Waals surface area contributed by atoms with Gasteiger partial charge in [0.15, 0.2) is 0 Å². The van der Waals surface area contributed by atoms with Gasteiger partial charge in [-0.25, -0.2) is 10.2 Å². The maximum atomic E-state index is 10.6. The summed E-state index contributed by atoms with van der Waals surface area (Å²) in [5.74, 6) is 0.213. The molecule has 5 heteroatoms. The van der Waals surface area contributed by atoms with Crippen LogP contribution in [0.5, 0.6) is 5.75 Å². The third-order valence-corrected chi connectivity index (χ3v) is 2.52. The van der Waals surface area contributed by atoms with E-state index in [0.29, 0.717) is 0 Å². The zero-order valence-electron chi connectivity index (χ0n) is 10.1. The Morgan fingerprint density at radius 3 is 2.53 bits per heavy atom. The Kier molecular flexibility index (Phi) is 3.78. The van der Waals surface area contributed by atoms with Crippen molar-refractivity contribution in [2.75, 3.05) is 0 Å². The zero-order chi connectivity index (χ0) is 13.7. The van der Waals surface area contributed by atoms with Gasteiger partial charge in [-0.2, -0.15) is 5.10 Å². The van der Waals surface area contributed by atoms with Crippen molar-refractivity contribution in [1.29, 1.82) is 0 Å². The molecule has 4 N–H and O–H groups in total. The molecule has 0 atom stereocenters. The van der Waals surface area contributed by atoms with Crippen LogP contribution in [0.2, 0.25) is 0 Å². The molecule has 2 aromatic rings. The number of hydrazone groups is 1. The number of carbonyl (C=O) groups excluding carboxylic acids is 1. The number of nitrogens with zero attached hydrogens (tertiary/aromatic N) is 1. The highest BCUT2D eigenvalue weighted by Gasteiger charge is 2.02. The predicted octanol–water partition coefficient (Wildman–Crippen LogP) is 2.06. The second-order valence-corrected chi connectivity index (χ2v) is 3.87. The highest BCUT2D eigenvalue weighted by Crippen LogP contribution is 2.24. The van der Waals surface area contributed by atoms with Crippen molar-refractivity contribution >= 4 is 12.2 Å². The summed E-state index contributed by atoms with van der Waals surface area (Å²) in [4.78, 5) is 10.6. The molecule has 0 aliphatic rings. The summed E-state index contributed by atoms with van der Waals surface area (Å²) < 4.78 is 0. The minimum atomic E-state index is -0.710. The third-order valence-electron chi connectivity index (χ3n) is 2.52. The van der Waals surface area contributed by atoms with Crippen molar-refractivity contribution < 1.29 is 9.90 Å². The van der Waals surface area contributed by atoms with E-state index < -0.39 is 6.03 Å². The zero-order valence-corrected chi connectivity index (χ0v) is 10.1. The van der Waals surface area contributed by atoms with Crippen molar-refractivity contribution in [3.8, 4) is 16.9 Å². The number of nitrogens with one attached hydrogen (secondary N) is 1. The van der Waals surface area contributed by atoms with Crippen LogP contribution < -0.4 is 11.2 Å². The van der Waals surface area contributed by atoms with E-state index in [4.69, 9.17) is 5.73 Å². The van der Waals surface area contributed by atoms with Crippen LogP contribution >= 0.6 is 0 Å². The SMILES string of the molecule is NC(=O)NN=Cc1ccccc1-c1ccc(O)cc1.